The van der Waals surface area contributed by atoms with Crippen molar-refractivity contribution in [3.05, 3.63) is 52.0 Å². The summed E-state index contributed by atoms with van der Waals surface area (Å²) in [6, 6.07) is 6.71. The van der Waals surface area contributed by atoms with E-state index in [1.54, 1.807) is 11.3 Å². The third-order valence-electron chi connectivity index (χ3n) is 2.72. The van der Waals surface area contributed by atoms with E-state index in [9.17, 15) is 0 Å². The van der Waals surface area contributed by atoms with E-state index in [1.807, 2.05) is 18.5 Å². The molecule has 0 radical (unpaired) electrons. The van der Waals surface area contributed by atoms with Crippen LogP contribution in [-0.2, 0) is 6.54 Å². The lowest BCUT2D eigenvalue weighted by molar-refractivity contribution is 0.580. The Labute approximate surface area is 100 Å². The van der Waals surface area contributed by atoms with E-state index in [4.69, 9.17) is 0 Å². The van der Waals surface area contributed by atoms with E-state index >= 15 is 0 Å². The van der Waals surface area contributed by atoms with Gasteiger partial charge in [0.1, 0.15) is 0 Å². The van der Waals surface area contributed by atoms with Gasteiger partial charge < -0.3 is 5.32 Å². The van der Waals surface area contributed by atoms with Crippen molar-refractivity contribution in [1.29, 1.82) is 0 Å². The highest BCUT2D eigenvalue weighted by atomic mass is 32.1. The maximum Gasteiger partial charge on any atom is 0.0388 e. The van der Waals surface area contributed by atoms with Crippen LogP contribution in [0.2, 0.25) is 0 Å². The number of aromatic nitrogens is 1. The van der Waals surface area contributed by atoms with Gasteiger partial charge in [0.25, 0.3) is 0 Å². The third-order valence-corrected chi connectivity index (χ3v) is 3.77. The lowest BCUT2D eigenvalue weighted by Crippen LogP contribution is -2.17. The first kappa shape index (κ1) is 11.3. The van der Waals surface area contributed by atoms with Crippen LogP contribution >= 0.6 is 11.3 Å². The molecule has 0 spiro atoms. The predicted molar refractivity (Wildman–Crippen MR) is 68.5 cm³/mol. The molecule has 0 aromatic carbocycles. The van der Waals surface area contributed by atoms with Crippen LogP contribution < -0.4 is 5.32 Å². The molecule has 1 N–H and O–H groups in total. The minimum atomic E-state index is 0.402. The van der Waals surface area contributed by atoms with Crippen LogP contribution in [0.4, 0.5) is 0 Å². The highest BCUT2D eigenvalue weighted by Gasteiger charge is 2.06. The summed E-state index contributed by atoms with van der Waals surface area (Å²) in [5.41, 5.74) is 2.56. The summed E-state index contributed by atoms with van der Waals surface area (Å²) >= 11 is 1.79. The summed E-state index contributed by atoms with van der Waals surface area (Å²) in [5, 5.41) is 5.63. The highest BCUT2D eigenvalue weighted by Crippen LogP contribution is 2.18. The van der Waals surface area contributed by atoms with E-state index in [-0.39, 0.29) is 0 Å². The SMILES string of the molecule is Cc1ccncc1CNC(C)c1cccs1. The van der Waals surface area contributed by atoms with E-state index in [0.29, 0.717) is 6.04 Å². The van der Waals surface area contributed by atoms with Gasteiger partial charge in [-0.05, 0) is 42.5 Å². The largest absolute Gasteiger partial charge is 0.305 e. The van der Waals surface area contributed by atoms with E-state index in [0.717, 1.165) is 6.54 Å². The predicted octanol–water partition coefficient (Wildman–Crippen LogP) is 3.30. The van der Waals surface area contributed by atoms with Gasteiger partial charge in [-0.1, -0.05) is 6.07 Å². The molecule has 2 aromatic rings. The number of pyridine rings is 1. The molecule has 0 fully saturated rings. The lowest BCUT2D eigenvalue weighted by Gasteiger charge is -2.13. The Morgan fingerprint density at radius 1 is 1.44 bits per heavy atom. The normalized spacial score (nSPS) is 12.6. The number of nitrogens with zero attached hydrogens (tertiary/aromatic N) is 1. The molecular formula is C13H16N2S. The quantitative estimate of drug-likeness (QED) is 0.875. The van der Waals surface area contributed by atoms with Gasteiger partial charge in [0.2, 0.25) is 0 Å². The first-order valence-electron chi connectivity index (χ1n) is 5.43. The fourth-order valence-electron chi connectivity index (χ4n) is 1.58. The summed E-state index contributed by atoms with van der Waals surface area (Å²) < 4.78 is 0. The number of rotatable bonds is 4. The van der Waals surface area contributed by atoms with Gasteiger partial charge >= 0.3 is 0 Å². The topological polar surface area (TPSA) is 24.9 Å². The molecule has 0 saturated carbocycles. The van der Waals surface area contributed by atoms with Crippen molar-refractivity contribution >= 4 is 11.3 Å². The second-order valence-corrected chi connectivity index (χ2v) is 4.90. The molecule has 3 heteroatoms. The van der Waals surface area contributed by atoms with Gasteiger partial charge in [-0.2, -0.15) is 0 Å². The fourth-order valence-corrected chi connectivity index (χ4v) is 2.34. The lowest BCUT2D eigenvalue weighted by atomic mass is 10.1. The van der Waals surface area contributed by atoms with Crippen LogP contribution in [0, 0.1) is 6.92 Å². The standard InChI is InChI=1S/C13H16N2S/c1-10-5-6-14-8-12(10)9-15-11(2)13-4-3-7-16-13/h3-8,11,15H,9H2,1-2H3. The first-order chi connectivity index (χ1) is 7.77. The zero-order valence-corrected chi connectivity index (χ0v) is 10.4. The second-order valence-electron chi connectivity index (χ2n) is 3.92. The summed E-state index contributed by atoms with van der Waals surface area (Å²) in [4.78, 5) is 5.53. The Balaban J connectivity index is 1.95. The van der Waals surface area contributed by atoms with Crippen LogP contribution in [0.25, 0.3) is 0 Å². The van der Waals surface area contributed by atoms with Crippen LogP contribution in [-0.4, -0.2) is 4.98 Å². The minimum Gasteiger partial charge on any atom is -0.305 e. The average Bonchev–Trinajstić information content (AvgIpc) is 2.81. The van der Waals surface area contributed by atoms with Crippen molar-refractivity contribution in [3.8, 4) is 0 Å². The molecule has 0 aliphatic carbocycles. The smallest absolute Gasteiger partial charge is 0.0388 e. The molecule has 1 atom stereocenters. The van der Waals surface area contributed by atoms with Crippen molar-refractivity contribution in [2.45, 2.75) is 26.4 Å². The van der Waals surface area contributed by atoms with Gasteiger partial charge in [-0.25, -0.2) is 0 Å². The Kier molecular flexibility index (Phi) is 3.70. The van der Waals surface area contributed by atoms with Gasteiger partial charge in [-0.15, -0.1) is 11.3 Å². The summed E-state index contributed by atoms with van der Waals surface area (Å²) in [5.74, 6) is 0. The molecule has 2 rings (SSSR count). The third kappa shape index (κ3) is 2.68. The Bertz CT molecular complexity index is 437. The fraction of sp³-hybridized carbons (Fsp3) is 0.308. The van der Waals surface area contributed by atoms with Crippen molar-refractivity contribution in [2.75, 3.05) is 0 Å². The molecule has 0 aliphatic rings. The maximum atomic E-state index is 4.15. The maximum absolute atomic E-state index is 4.15. The first-order valence-corrected chi connectivity index (χ1v) is 6.31. The van der Waals surface area contributed by atoms with Gasteiger partial charge in [-0.3, -0.25) is 4.98 Å². The van der Waals surface area contributed by atoms with E-state index in [2.05, 4.69) is 41.7 Å². The zero-order valence-electron chi connectivity index (χ0n) is 9.60. The molecule has 84 valence electrons. The van der Waals surface area contributed by atoms with Crippen molar-refractivity contribution < 1.29 is 0 Å². The minimum absolute atomic E-state index is 0.402. The van der Waals surface area contributed by atoms with Crippen LogP contribution in [0.15, 0.2) is 36.0 Å². The summed E-state index contributed by atoms with van der Waals surface area (Å²) in [6.45, 7) is 5.19. The number of hydrogen-bond donors (Lipinski definition) is 1. The number of aryl methyl sites for hydroxylation is 1. The van der Waals surface area contributed by atoms with Crippen molar-refractivity contribution in [1.82, 2.24) is 10.3 Å². The van der Waals surface area contributed by atoms with E-state index < -0.39 is 0 Å². The number of nitrogens with one attached hydrogen (secondary N) is 1. The molecule has 16 heavy (non-hydrogen) atoms. The van der Waals surface area contributed by atoms with Crippen LogP contribution in [0.3, 0.4) is 0 Å². The molecule has 1 unspecified atom stereocenters. The number of thiophene rings is 1. The number of hydrogen-bond acceptors (Lipinski definition) is 3. The van der Waals surface area contributed by atoms with Gasteiger partial charge in [0, 0.05) is 29.9 Å². The van der Waals surface area contributed by atoms with Gasteiger partial charge in [0.15, 0.2) is 0 Å². The Morgan fingerprint density at radius 3 is 3.00 bits per heavy atom. The molecular weight excluding hydrogens is 216 g/mol. The Hall–Kier alpha value is -1.19. The molecule has 0 bridgehead atoms. The van der Waals surface area contributed by atoms with Crippen LogP contribution in [0.5, 0.6) is 0 Å². The zero-order chi connectivity index (χ0) is 11.4. The monoisotopic (exact) mass is 232 g/mol. The van der Waals surface area contributed by atoms with Crippen molar-refractivity contribution in [2.24, 2.45) is 0 Å². The molecule has 0 saturated heterocycles. The molecule has 0 amide bonds. The summed E-state index contributed by atoms with van der Waals surface area (Å²) in [6.07, 6.45) is 3.77. The Morgan fingerprint density at radius 2 is 2.31 bits per heavy atom. The van der Waals surface area contributed by atoms with Crippen LogP contribution in [0.1, 0.15) is 29.0 Å². The van der Waals surface area contributed by atoms with E-state index in [1.165, 1.54) is 16.0 Å². The average molecular weight is 232 g/mol. The second kappa shape index (κ2) is 5.23. The molecule has 2 aromatic heterocycles. The van der Waals surface area contributed by atoms with Crippen molar-refractivity contribution in [3.63, 3.8) is 0 Å². The van der Waals surface area contributed by atoms with Gasteiger partial charge in [0.05, 0.1) is 0 Å². The summed E-state index contributed by atoms with van der Waals surface area (Å²) in [7, 11) is 0. The molecule has 0 aliphatic heterocycles. The molecule has 2 heterocycles. The molecule has 2 nitrogen and oxygen atoms in total. The highest BCUT2D eigenvalue weighted by molar-refractivity contribution is 7.10.